The smallest absolute Gasteiger partial charge is 0.419 e. The van der Waals surface area contributed by atoms with E-state index in [0.29, 0.717) is 42.8 Å². The quantitative estimate of drug-likeness (QED) is 0.218. The lowest BCUT2D eigenvalue weighted by atomic mass is 10.0. The van der Waals surface area contributed by atoms with Crippen LogP contribution < -0.4 is 5.32 Å². The topological polar surface area (TPSA) is 137 Å². The second-order valence-corrected chi connectivity index (χ2v) is 14.7. The van der Waals surface area contributed by atoms with Crippen LogP contribution >= 0.6 is 0 Å². The number of amides is 1. The Morgan fingerprint density at radius 1 is 1.06 bits per heavy atom. The van der Waals surface area contributed by atoms with Crippen LogP contribution in [-0.2, 0) is 28.0 Å². The monoisotopic (exact) mass is 696 g/mol. The van der Waals surface area contributed by atoms with E-state index in [0.717, 1.165) is 10.2 Å². The van der Waals surface area contributed by atoms with E-state index in [2.05, 4.69) is 25.4 Å². The van der Waals surface area contributed by atoms with Crippen LogP contribution in [0.4, 0.5) is 23.9 Å². The predicted octanol–water partition coefficient (Wildman–Crippen LogP) is 6.27. The Hall–Kier alpha value is -4.99. The van der Waals surface area contributed by atoms with Crippen LogP contribution in [0.3, 0.4) is 0 Å². The number of halogens is 3. The number of aromatic nitrogens is 6. The highest BCUT2D eigenvalue weighted by Crippen LogP contribution is 2.41. The van der Waals surface area contributed by atoms with Crippen molar-refractivity contribution in [2.24, 2.45) is 7.05 Å². The third kappa shape index (κ3) is 6.95. The molecular formula is C33H35F3N8O4S. The number of rotatable bonds is 6. The molecule has 1 aliphatic heterocycles. The molecule has 0 spiro atoms. The van der Waals surface area contributed by atoms with Crippen LogP contribution in [-0.4, -0.2) is 72.8 Å². The number of ether oxygens (including phenoxy) is 1. The minimum Gasteiger partial charge on any atom is -0.444 e. The average molecular weight is 697 g/mol. The number of nitrogens with one attached hydrogen (secondary N) is 1. The van der Waals surface area contributed by atoms with Crippen LogP contribution in [0.5, 0.6) is 0 Å². The van der Waals surface area contributed by atoms with E-state index in [1.807, 2.05) is 0 Å². The Balaban J connectivity index is 1.46. The first kappa shape index (κ1) is 33.9. The first-order chi connectivity index (χ1) is 23.0. The molecule has 1 aliphatic rings. The highest BCUT2D eigenvalue weighted by Gasteiger charge is 2.37. The largest absolute Gasteiger partial charge is 0.444 e. The number of nitrogens with zero attached hydrogens (tertiary/aromatic N) is 7. The van der Waals surface area contributed by atoms with Crippen LogP contribution in [0, 0.1) is 6.92 Å². The zero-order chi connectivity index (χ0) is 35.3. The normalized spacial score (nSPS) is 15.8. The summed E-state index contributed by atoms with van der Waals surface area (Å²) in [6, 6.07) is 11.9. The zero-order valence-corrected chi connectivity index (χ0v) is 28.3. The molecule has 49 heavy (non-hydrogen) atoms. The number of carbonyl (C=O) groups excluding carboxylic acids is 1. The molecule has 0 saturated carbocycles. The van der Waals surface area contributed by atoms with E-state index >= 15 is 0 Å². The summed E-state index contributed by atoms with van der Waals surface area (Å²) >= 11 is 0. The molecule has 1 N–H and O–H groups in total. The van der Waals surface area contributed by atoms with Gasteiger partial charge in [-0.2, -0.15) is 18.3 Å². The Morgan fingerprint density at radius 2 is 1.80 bits per heavy atom. The van der Waals surface area contributed by atoms with Gasteiger partial charge in [0, 0.05) is 55.1 Å². The minimum atomic E-state index is -4.87. The fourth-order valence-corrected chi connectivity index (χ4v) is 7.03. The van der Waals surface area contributed by atoms with Crippen molar-refractivity contribution in [3.8, 4) is 22.6 Å². The molecular weight excluding hydrogens is 661 g/mol. The first-order valence-electron chi connectivity index (χ1n) is 15.5. The Labute approximate surface area is 281 Å². The summed E-state index contributed by atoms with van der Waals surface area (Å²) < 4.78 is 79.6. The fourth-order valence-electron chi connectivity index (χ4n) is 5.65. The lowest BCUT2D eigenvalue weighted by molar-refractivity contribution is -0.137. The van der Waals surface area contributed by atoms with E-state index < -0.39 is 39.2 Å². The fraction of sp³-hybridized carbons (Fsp3) is 0.364. The van der Waals surface area contributed by atoms with Crippen LogP contribution in [0.2, 0.25) is 0 Å². The summed E-state index contributed by atoms with van der Waals surface area (Å²) in [5, 5.41) is 7.68. The number of alkyl halides is 3. The van der Waals surface area contributed by atoms with Crippen molar-refractivity contribution in [3.05, 3.63) is 72.3 Å². The molecule has 1 amide bonds. The summed E-state index contributed by atoms with van der Waals surface area (Å²) in [5.74, 6) is 0.840. The summed E-state index contributed by atoms with van der Waals surface area (Å²) in [6.45, 7) is 7.76. The number of hydrogen-bond acceptors (Lipinski definition) is 9. The Kier molecular flexibility index (Phi) is 8.63. The number of fused-ring (bicyclic) bond motifs is 1. The molecule has 0 bridgehead atoms. The van der Waals surface area contributed by atoms with Crippen LogP contribution in [0.15, 0.2) is 65.8 Å². The molecule has 2 aromatic carbocycles. The molecule has 0 aliphatic carbocycles. The average Bonchev–Trinajstić information content (AvgIpc) is 3.59. The molecule has 0 unspecified atom stereocenters. The summed E-state index contributed by atoms with van der Waals surface area (Å²) in [6.07, 6.45) is -2.28. The molecule has 5 aromatic rings. The van der Waals surface area contributed by atoms with Crippen molar-refractivity contribution >= 4 is 33.0 Å². The third-order valence-electron chi connectivity index (χ3n) is 8.07. The minimum absolute atomic E-state index is 0.0522. The SMILES string of the molecule is Cc1nc(-c2ccc3c(-c4nc(N[C@H]5CCCN(C(=O)OC(C)(C)C)C5)ncc4C(F)(F)F)cn(S(=O)(=O)c4ccccc4)c3c2)nn1C. The first-order valence-corrected chi connectivity index (χ1v) is 17.0. The van der Waals surface area contributed by atoms with E-state index in [4.69, 9.17) is 4.74 Å². The number of likely N-dealkylation sites (tertiary alicyclic amines) is 1. The van der Waals surface area contributed by atoms with E-state index in [-0.39, 0.29) is 39.9 Å². The number of aryl methyl sites for hydroxylation is 2. The summed E-state index contributed by atoms with van der Waals surface area (Å²) in [7, 11) is -2.57. The van der Waals surface area contributed by atoms with Gasteiger partial charge in [0.05, 0.1) is 16.1 Å². The van der Waals surface area contributed by atoms with Crippen molar-refractivity contribution in [1.82, 2.24) is 33.6 Å². The van der Waals surface area contributed by atoms with Crippen LogP contribution in [0.25, 0.3) is 33.5 Å². The molecule has 3 aromatic heterocycles. The second kappa shape index (κ2) is 12.5. The van der Waals surface area contributed by atoms with Crippen LogP contribution in [0.1, 0.15) is 45.0 Å². The van der Waals surface area contributed by atoms with Gasteiger partial charge >= 0.3 is 12.3 Å². The van der Waals surface area contributed by atoms with Crippen molar-refractivity contribution < 1.29 is 31.1 Å². The number of benzene rings is 2. The number of piperidine rings is 1. The maximum absolute atomic E-state index is 14.5. The van der Waals surface area contributed by atoms with Crippen molar-refractivity contribution in [3.63, 3.8) is 0 Å². The molecule has 1 saturated heterocycles. The summed E-state index contributed by atoms with van der Waals surface area (Å²) in [4.78, 5) is 26.9. The van der Waals surface area contributed by atoms with E-state index in [1.165, 1.54) is 29.2 Å². The lowest BCUT2D eigenvalue weighted by Crippen LogP contribution is -2.47. The van der Waals surface area contributed by atoms with Crippen molar-refractivity contribution in [1.29, 1.82) is 0 Å². The Bertz CT molecular complexity index is 2120. The molecule has 0 radical (unpaired) electrons. The Morgan fingerprint density at radius 3 is 2.45 bits per heavy atom. The molecule has 1 fully saturated rings. The molecule has 4 heterocycles. The van der Waals surface area contributed by atoms with Gasteiger partial charge in [0.15, 0.2) is 5.82 Å². The molecule has 12 nitrogen and oxygen atoms in total. The number of hydrogen-bond donors (Lipinski definition) is 1. The van der Waals surface area contributed by atoms with Crippen molar-refractivity contribution in [2.45, 2.75) is 63.3 Å². The maximum Gasteiger partial charge on any atom is 0.419 e. The zero-order valence-electron chi connectivity index (χ0n) is 27.5. The van der Waals surface area contributed by atoms with Crippen molar-refractivity contribution in [2.75, 3.05) is 18.4 Å². The third-order valence-corrected chi connectivity index (χ3v) is 9.75. The lowest BCUT2D eigenvalue weighted by Gasteiger charge is -2.34. The predicted molar refractivity (Wildman–Crippen MR) is 176 cm³/mol. The van der Waals surface area contributed by atoms with Gasteiger partial charge in [0.25, 0.3) is 10.0 Å². The highest BCUT2D eigenvalue weighted by molar-refractivity contribution is 7.90. The molecule has 258 valence electrons. The van der Waals surface area contributed by atoms with Gasteiger partial charge in [-0.3, -0.25) is 4.68 Å². The van der Waals surface area contributed by atoms with Gasteiger partial charge in [0.2, 0.25) is 5.95 Å². The molecule has 1 atom stereocenters. The number of carbonyl (C=O) groups is 1. The van der Waals surface area contributed by atoms with Gasteiger partial charge < -0.3 is 15.0 Å². The van der Waals surface area contributed by atoms with Gasteiger partial charge in [-0.15, -0.1) is 0 Å². The van der Waals surface area contributed by atoms with Gasteiger partial charge in [0.1, 0.15) is 17.0 Å². The van der Waals surface area contributed by atoms with E-state index in [9.17, 15) is 26.4 Å². The molecule has 6 rings (SSSR count). The standard InChI is InChI=1S/C33H35F3N8O4S/c1-20-38-29(41-42(20)5)21-13-14-24-25(19-44(27(24)16-21)49(46,47)23-11-7-6-8-12-23)28-26(33(34,35)36)17-37-30(40-28)39-22-10-9-15-43(18-22)31(45)48-32(2,3)4/h6-8,11-14,16-17,19,22H,9-10,15,18H2,1-5H3,(H,37,39,40)/t22-/m0/s1. The second-order valence-electron chi connectivity index (χ2n) is 12.9. The molecule has 16 heteroatoms. The maximum atomic E-state index is 14.5. The van der Waals surface area contributed by atoms with E-state index in [1.54, 1.807) is 63.7 Å². The number of anilines is 1. The summed E-state index contributed by atoms with van der Waals surface area (Å²) in [5.41, 5.74) is -1.82. The van der Waals surface area contributed by atoms with Gasteiger partial charge in [-0.25, -0.2) is 32.1 Å². The van der Waals surface area contributed by atoms with Gasteiger partial charge in [-0.05, 0) is 58.7 Å². The highest BCUT2D eigenvalue weighted by atomic mass is 32.2. The van der Waals surface area contributed by atoms with Gasteiger partial charge in [-0.1, -0.05) is 30.3 Å².